The van der Waals surface area contributed by atoms with E-state index in [9.17, 15) is 4.79 Å². The molecule has 0 N–H and O–H groups in total. The molecule has 0 saturated heterocycles. The number of aldehydes is 1. The van der Waals surface area contributed by atoms with Crippen molar-refractivity contribution in [3.05, 3.63) is 59.7 Å². The quantitative estimate of drug-likeness (QED) is 0.588. The fraction of sp³-hybridized carbons (Fsp3) is 0.188. The molecule has 0 atom stereocenters. The standard InChI is InChI=1S/C16H16O3/c1-13-6-8-15(9-7-13)18-10-11-19-16-5-3-2-4-14(16)12-17/h2-9,12H,10-11H2,1H3. The Bertz CT molecular complexity index is 532. The number of hydrogen-bond acceptors (Lipinski definition) is 3. The fourth-order valence-corrected chi connectivity index (χ4v) is 1.65. The van der Waals surface area contributed by atoms with Gasteiger partial charge in [-0.25, -0.2) is 0 Å². The monoisotopic (exact) mass is 256 g/mol. The summed E-state index contributed by atoms with van der Waals surface area (Å²) in [6.07, 6.45) is 0.788. The lowest BCUT2D eigenvalue weighted by Gasteiger charge is -2.09. The Morgan fingerprint density at radius 2 is 1.63 bits per heavy atom. The van der Waals surface area contributed by atoms with Gasteiger partial charge in [-0.2, -0.15) is 0 Å². The van der Waals surface area contributed by atoms with Crippen LogP contribution in [0.3, 0.4) is 0 Å². The van der Waals surface area contributed by atoms with Gasteiger partial charge in [-0.1, -0.05) is 29.8 Å². The van der Waals surface area contributed by atoms with Crippen LogP contribution in [0.5, 0.6) is 11.5 Å². The Hall–Kier alpha value is -2.29. The van der Waals surface area contributed by atoms with Gasteiger partial charge >= 0.3 is 0 Å². The molecule has 0 aromatic heterocycles. The molecular formula is C16H16O3. The molecule has 2 aromatic rings. The third-order valence-electron chi connectivity index (χ3n) is 2.68. The van der Waals surface area contributed by atoms with Crippen molar-refractivity contribution in [3.8, 4) is 11.5 Å². The van der Waals surface area contributed by atoms with Crippen molar-refractivity contribution >= 4 is 6.29 Å². The molecule has 0 aliphatic heterocycles. The van der Waals surface area contributed by atoms with Crippen molar-refractivity contribution < 1.29 is 14.3 Å². The highest BCUT2D eigenvalue weighted by molar-refractivity contribution is 5.79. The Balaban J connectivity index is 1.80. The van der Waals surface area contributed by atoms with Crippen LogP contribution in [-0.2, 0) is 0 Å². The second kappa shape index (κ2) is 6.59. The molecule has 2 aromatic carbocycles. The number of ether oxygens (including phenoxy) is 2. The first-order valence-corrected chi connectivity index (χ1v) is 6.16. The summed E-state index contributed by atoms with van der Waals surface area (Å²) in [6, 6.07) is 15.0. The fourth-order valence-electron chi connectivity index (χ4n) is 1.65. The maximum absolute atomic E-state index is 10.8. The Morgan fingerprint density at radius 3 is 2.37 bits per heavy atom. The zero-order valence-corrected chi connectivity index (χ0v) is 10.8. The van der Waals surface area contributed by atoms with E-state index in [-0.39, 0.29) is 0 Å². The van der Waals surface area contributed by atoms with Gasteiger partial charge in [-0.3, -0.25) is 4.79 Å². The molecule has 0 amide bonds. The van der Waals surface area contributed by atoms with Gasteiger partial charge < -0.3 is 9.47 Å². The van der Waals surface area contributed by atoms with E-state index in [2.05, 4.69) is 0 Å². The number of para-hydroxylation sites is 1. The second-order valence-electron chi connectivity index (χ2n) is 4.17. The van der Waals surface area contributed by atoms with Crippen molar-refractivity contribution in [1.29, 1.82) is 0 Å². The zero-order valence-electron chi connectivity index (χ0n) is 10.8. The number of rotatable bonds is 6. The molecule has 0 fully saturated rings. The summed E-state index contributed by atoms with van der Waals surface area (Å²) in [7, 11) is 0. The predicted molar refractivity (Wildman–Crippen MR) is 74.0 cm³/mol. The van der Waals surface area contributed by atoms with Gasteiger partial charge in [-0.15, -0.1) is 0 Å². The van der Waals surface area contributed by atoms with Gasteiger partial charge in [0.1, 0.15) is 24.7 Å². The second-order valence-corrected chi connectivity index (χ2v) is 4.17. The molecule has 0 radical (unpaired) electrons. The maximum atomic E-state index is 10.8. The van der Waals surface area contributed by atoms with Crippen LogP contribution in [0, 0.1) is 6.92 Å². The van der Waals surface area contributed by atoms with Crippen LogP contribution >= 0.6 is 0 Å². The third kappa shape index (κ3) is 3.85. The molecule has 2 rings (SSSR count). The van der Waals surface area contributed by atoms with Crippen LogP contribution < -0.4 is 9.47 Å². The highest BCUT2D eigenvalue weighted by Crippen LogP contribution is 2.16. The summed E-state index contributed by atoms with van der Waals surface area (Å²) in [4.78, 5) is 10.8. The largest absolute Gasteiger partial charge is 0.490 e. The van der Waals surface area contributed by atoms with Gasteiger partial charge in [0.2, 0.25) is 0 Å². The molecule has 0 bridgehead atoms. The number of carbonyl (C=O) groups excluding carboxylic acids is 1. The summed E-state index contributed by atoms with van der Waals surface area (Å²) < 4.78 is 11.1. The van der Waals surface area contributed by atoms with Crippen LogP contribution in [0.1, 0.15) is 15.9 Å². The Morgan fingerprint density at radius 1 is 0.947 bits per heavy atom. The molecule has 0 saturated carbocycles. The topological polar surface area (TPSA) is 35.5 Å². The smallest absolute Gasteiger partial charge is 0.153 e. The highest BCUT2D eigenvalue weighted by atomic mass is 16.5. The zero-order chi connectivity index (χ0) is 13.5. The van der Waals surface area contributed by atoms with Crippen LogP contribution in [0.2, 0.25) is 0 Å². The molecule has 0 aliphatic carbocycles. The minimum atomic E-state index is 0.402. The van der Waals surface area contributed by atoms with E-state index in [1.165, 1.54) is 5.56 Å². The first kappa shape index (κ1) is 13.1. The van der Waals surface area contributed by atoms with Crippen molar-refractivity contribution in [3.63, 3.8) is 0 Å². The molecule has 0 spiro atoms. The minimum absolute atomic E-state index is 0.402. The molecule has 0 aliphatic rings. The lowest BCUT2D eigenvalue weighted by Crippen LogP contribution is -2.09. The average molecular weight is 256 g/mol. The minimum Gasteiger partial charge on any atom is -0.490 e. The van der Waals surface area contributed by atoms with E-state index in [0.717, 1.165) is 12.0 Å². The molecule has 0 heterocycles. The lowest BCUT2D eigenvalue weighted by molar-refractivity contribution is 0.111. The maximum Gasteiger partial charge on any atom is 0.153 e. The first-order chi connectivity index (χ1) is 9.29. The van der Waals surface area contributed by atoms with Crippen molar-refractivity contribution in [1.82, 2.24) is 0 Å². The summed E-state index contributed by atoms with van der Waals surface area (Å²) in [5, 5.41) is 0. The lowest BCUT2D eigenvalue weighted by atomic mass is 10.2. The Labute approximate surface area is 112 Å². The van der Waals surface area contributed by atoms with Crippen LogP contribution in [-0.4, -0.2) is 19.5 Å². The SMILES string of the molecule is Cc1ccc(OCCOc2ccccc2C=O)cc1. The number of benzene rings is 2. The van der Waals surface area contributed by atoms with Crippen LogP contribution in [0.4, 0.5) is 0 Å². The van der Waals surface area contributed by atoms with Crippen molar-refractivity contribution in [2.75, 3.05) is 13.2 Å². The van der Waals surface area contributed by atoms with Crippen molar-refractivity contribution in [2.24, 2.45) is 0 Å². The van der Waals surface area contributed by atoms with Gasteiger partial charge in [-0.05, 0) is 31.2 Å². The van der Waals surface area contributed by atoms with E-state index in [1.807, 2.05) is 37.3 Å². The van der Waals surface area contributed by atoms with Crippen LogP contribution in [0.25, 0.3) is 0 Å². The van der Waals surface area contributed by atoms with E-state index < -0.39 is 0 Å². The summed E-state index contributed by atoms with van der Waals surface area (Å²) in [5.41, 5.74) is 1.75. The first-order valence-electron chi connectivity index (χ1n) is 6.16. The Kier molecular flexibility index (Phi) is 4.56. The van der Waals surface area contributed by atoms with Gasteiger partial charge in [0.25, 0.3) is 0 Å². The normalized spacial score (nSPS) is 9.95. The van der Waals surface area contributed by atoms with Gasteiger partial charge in [0, 0.05) is 0 Å². The number of hydrogen-bond donors (Lipinski definition) is 0. The van der Waals surface area contributed by atoms with E-state index >= 15 is 0 Å². The predicted octanol–water partition coefficient (Wildman–Crippen LogP) is 3.27. The molecule has 0 unspecified atom stereocenters. The summed E-state index contributed by atoms with van der Waals surface area (Å²) >= 11 is 0. The van der Waals surface area contributed by atoms with E-state index in [0.29, 0.717) is 24.5 Å². The van der Waals surface area contributed by atoms with Crippen molar-refractivity contribution in [2.45, 2.75) is 6.92 Å². The van der Waals surface area contributed by atoms with Gasteiger partial charge in [0.05, 0.1) is 5.56 Å². The van der Waals surface area contributed by atoms with Crippen LogP contribution in [0.15, 0.2) is 48.5 Å². The molecule has 3 nitrogen and oxygen atoms in total. The summed E-state index contributed by atoms with van der Waals surface area (Å²) in [6.45, 7) is 2.87. The van der Waals surface area contributed by atoms with E-state index in [1.54, 1.807) is 18.2 Å². The van der Waals surface area contributed by atoms with Gasteiger partial charge in [0.15, 0.2) is 6.29 Å². The summed E-state index contributed by atoms with van der Waals surface area (Å²) in [5.74, 6) is 1.41. The molecule has 3 heteroatoms. The third-order valence-corrected chi connectivity index (χ3v) is 2.68. The molecule has 19 heavy (non-hydrogen) atoms. The average Bonchev–Trinajstić information content (AvgIpc) is 2.46. The highest BCUT2D eigenvalue weighted by Gasteiger charge is 2.01. The molecule has 98 valence electrons. The van der Waals surface area contributed by atoms with E-state index in [4.69, 9.17) is 9.47 Å². The number of aryl methyl sites for hydroxylation is 1. The molecular weight excluding hydrogens is 240 g/mol. The number of carbonyl (C=O) groups is 1.